The summed E-state index contributed by atoms with van der Waals surface area (Å²) in [7, 11) is 1.73. The van der Waals surface area contributed by atoms with Crippen LogP contribution in [-0.4, -0.2) is 50.6 Å². The van der Waals surface area contributed by atoms with Crippen molar-refractivity contribution < 1.29 is 9.53 Å². The second kappa shape index (κ2) is 10.7. The van der Waals surface area contributed by atoms with Crippen LogP contribution in [0.2, 0.25) is 0 Å². The maximum Gasteiger partial charge on any atom is 0.223 e. The van der Waals surface area contributed by atoms with Crippen molar-refractivity contribution in [2.24, 2.45) is 5.92 Å². The number of hydrogen-bond donors (Lipinski definition) is 1. The molecule has 1 saturated carbocycles. The van der Waals surface area contributed by atoms with Crippen LogP contribution >= 0.6 is 0 Å². The van der Waals surface area contributed by atoms with E-state index in [1.807, 2.05) is 18.2 Å². The molecule has 166 valence electrons. The van der Waals surface area contributed by atoms with Gasteiger partial charge in [0.25, 0.3) is 0 Å². The largest absolute Gasteiger partial charge is 0.495 e. The van der Waals surface area contributed by atoms with Gasteiger partial charge in [0.05, 0.1) is 18.8 Å². The highest BCUT2D eigenvalue weighted by atomic mass is 16.5. The van der Waals surface area contributed by atoms with E-state index < -0.39 is 0 Å². The van der Waals surface area contributed by atoms with Crippen LogP contribution in [0.3, 0.4) is 0 Å². The molecule has 0 unspecified atom stereocenters. The van der Waals surface area contributed by atoms with Gasteiger partial charge in [0.15, 0.2) is 0 Å². The second-order valence-corrected chi connectivity index (χ2v) is 8.77. The number of benzene rings is 2. The van der Waals surface area contributed by atoms with E-state index >= 15 is 0 Å². The minimum Gasteiger partial charge on any atom is -0.495 e. The minimum absolute atomic E-state index is 0.0356. The van der Waals surface area contributed by atoms with Crippen molar-refractivity contribution >= 4 is 11.6 Å². The van der Waals surface area contributed by atoms with E-state index in [2.05, 4.69) is 51.5 Å². The lowest BCUT2D eigenvalue weighted by Crippen LogP contribution is -2.49. The Morgan fingerprint density at radius 2 is 1.65 bits per heavy atom. The van der Waals surface area contributed by atoms with Crippen molar-refractivity contribution in [2.45, 2.75) is 38.1 Å². The number of ether oxygens (including phenoxy) is 1. The van der Waals surface area contributed by atoms with Crippen LogP contribution in [-0.2, 0) is 4.79 Å². The highest BCUT2D eigenvalue weighted by Crippen LogP contribution is 2.29. The van der Waals surface area contributed by atoms with Crippen molar-refractivity contribution in [3.05, 3.63) is 60.2 Å². The SMILES string of the molecule is COc1ccccc1N1CCN(C[C@@H](NC(=O)C2CCCCC2)c2ccccc2)CC1. The van der Waals surface area contributed by atoms with Gasteiger partial charge in [-0.3, -0.25) is 9.69 Å². The molecule has 5 nitrogen and oxygen atoms in total. The summed E-state index contributed by atoms with van der Waals surface area (Å²) < 4.78 is 5.55. The van der Waals surface area contributed by atoms with Gasteiger partial charge in [-0.1, -0.05) is 61.7 Å². The molecule has 1 atom stereocenters. The molecule has 1 aliphatic carbocycles. The van der Waals surface area contributed by atoms with E-state index in [4.69, 9.17) is 4.74 Å². The first-order chi connectivity index (χ1) is 15.2. The number of nitrogens with zero attached hydrogens (tertiary/aromatic N) is 2. The molecule has 2 aromatic rings. The first kappa shape index (κ1) is 21.7. The maximum absolute atomic E-state index is 13.0. The topological polar surface area (TPSA) is 44.8 Å². The van der Waals surface area contributed by atoms with Gasteiger partial charge in [-0.2, -0.15) is 0 Å². The van der Waals surface area contributed by atoms with Gasteiger partial charge in [-0.05, 0) is 30.5 Å². The number of hydrogen-bond acceptors (Lipinski definition) is 4. The molecule has 2 fully saturated rings. The Balaban J connectivity index is 1.39. The molecule has 0 aromatic heterocycles. The van der Waals surface area contributed by atoms with Crippen molar-refractivity contribution in [2.75, 3.05) is 44.7 Å². The average Bonchev–Trinajstić information content (AvgIpc) is 2.85. The average molecular weight is 422 g/mol. The third kappa shape index (κ3) is 5.59. The van der Waals surface area contributed by atoms with Crippen molar-refractivity contribution in [3.63, 3.8) is 0 Å². The molecule has 1 N–H and O–H groups in total. The van der Waals surface area contributed by atoms with Crippen LogP contribution in [0.5, 0.6) is 5.75 Å². The number of amides is 1. The summed E-state index contributed by atoms with van der Waals surface area (Å²) in [5, 5.41) is 3.40. The lowest BCUT2D eigenvalue weighted by Gasteiger charge is -2.38. The van der Waals surface area contributed by atoms with Crippen LogP contribution in [0.15, 0.2) is 54.6 Å². The number of nitrogens with one attached hydrogen (secondary N) is 1. The summed E-state index contributed by atoms with van der Waals surface area (Å²) in [4.78, 5) is 17.9. The summed E-state index contributed by atoms with van der Waals surface area (Å²) >= 11 is 0. The Bertz CT molecular complexity index is 828. The lowest BCUT2D eigenvalue weighted by atomic mass is 9.88. The first-order valence-electron chi connectivity index (χ1n) is 11.7. The molecule has 1 aliphatic heterocycles. The number of rotatable bonds is 7. The van der Waals surface area contributed by atoms with Gasteiger partial charge >= 0.3 is 0 Å². The molecule has 1 amide bonds. The molecule has 0 spiro atoms. The molecule has 0 bridgehead atoms. The molecular weight excluding hydrogens is 386 g/mol. The predicted molar refractivity (Wildman–Crippen MR) is 126 cm³/mol. The second-order valence-electron chi connectivity index (χ2n) is 8.77. The Hall–Kier alpha value is -2.53. The van der Waals surface area contributed by atoms with Crippen LogP contribution in [0.1, 0.15) is 43.7 Å². The Kier molecular flexibility index (Phi) is 7.47. The first-order valence-corrected chi connectivity index (χ1v) is 11.7. The highest BCUT2D eigenvalue weighted by Gasteiger charge is 2.27. The highest BCUT2D eigenvalue weighted by molar-refractivity contribution is 5.79. The number of anilines is 1. The molecule has 1 saturated heterocycles. The summed E-state index contributed by atoms with van der Waals surface area (Å²) in [6.07, 6.45) is 5.69. The number of carbonyl (C=O) groups excluding carboxylic acids is 1. The van der Waals surface area contributed by atoms with Crippen molar-refractivity contribution in [3.8, 4) is 5.75 Å². The van der Waals surface area contributed by atoms with Gasteiger partial charge in [0.1, 0.15) is 5.75 Å². The van der Waals surface area contributed by atoms with Gasteiger partial charge in [0, 0.05) is 38.6 Å². The third-order valence-electron chi connectivity index (χ3n) is 6.73. The maximum atomic E-state index is 13.0. The molecule has 2 aliphatic rings. The Morgan fingerprint density at radius 1 is 0.968 bits per heavy atom. The molecule has 1 heterocycles. The normalized spacial score (nSPS) is 19.1. The number of piperazine rings is 1. The van der Waals surface area contributed by atoms with Crippen LogP contribution < -0.4 is 15.0 Å². The van der Waals surface area contributed by atoms with Crippen LogP contribution in [0.25, 0.3) is 0 Å². The lowest BCUT2D eigenvalue weighted by molar-refractivity contribution is -0.126. The fraction of sp³-hybridized carbons (Fsp3) is 0.500. The van der Waals surface area contributed by atoms with Gasteiger partial charge < -0.3 is 15.0 Å². The van der Waals surface area contributed by atoms with Gasteiger partial charge in [0.2, 0.25) is 5.91 Å². The number of carbonyl (C=O) groups is 1. The predicted octanol–water partition coefficient (Wildman–Crippen LogP) is 4.26. The summed E-state index contributed by atoms with van der Waals surface area (Å²) in [5.41, 5.74) is 2.36. The molecule has 5 heteroatoms. The van der Waals surface area contributed by atoms with E-state index in [0.29, 0.717) is 0 Å². The molecular formula is C26H35N3O2. The zero-order valence-corrected chi connectivity index (χ0v) is 18.6. The molecule has 2 aromatic carbocycles. The fourth-order valence-corrected chi connectivity index (χ4v) is 4.89. The number of para-hydroxylation sites is 2. The van der Waals surface area contributed by atoms with Crippen molar-refractivity contribution in [1.29, 1.82) is 0 Å². The summed E-state index contributed by atoms with van der Waals surface area (Å²) in [5.74, 6) is 1.35. The van der Waals surface area contributed by atoms with Crippen LogP contribution in [0, 0.1) is 5.92 Å². The van der Waals surface area contributed by atoms with E-state index in [-0.39, 0.29) is 17.9 Å². The van der Waals surface area contributed by atoms with E-state index in [1.165, 1.54) is 24.8 Å². The standard InChI is InChI=1S/C26H35N3O2/c1-31-25-15-9-8-14-24(25)29-18-16-28(17-19-29)20-23(21-10-4-2-5-11-21)27-26(30)22-12-6-3-7-13-22/h2,4-5,8-11,14-15,22-23H,3,6-7,12-13,16-20H2,1H3,(H,27,30)/t23-/m1/s1. The molecule has 4 rings (SSSR count). The van der Waals surface area contributed by atoms with E-state index in [1.54, 1.807) is 7.11 Å². The van der Waals surface area contributed by atoms with Gasteiger partial charge in [-0.15, -0.1) is 0 Å². The monoisotopic (exact) mass is 421 g/mol. The zero-order chi connectivity index (χ0) is 21.5. The summed E-state index contributed by atoms with van der Waals surface area (Å²) in [6.45, 7) is 4.71. The number of methoxy groups -OCH3 is 1. The third-order valence-corrected chi connectivity index (χ3v) is 6.73. The zero-order valence-electron chi connectivity index (χ0n) is 18.6. The van der Waals surface area contributed by atoms with E-state index in [0.717, 1.165) is 57.0 Å². The smallest absolute Gasteiger partial charge is 0.223 e. The minimum atomic E-state index is 0.0356. The molecule has 0 radical (unpaired) electrons. The van der Waals surface area contributed by atoms with Crippen LogP contribution in [0.4, 0.5) is 5.69 Å². The fourth-order valence-electron chi connectivity index (χ4n) is 4.89. The Morgan fingerprint density at radius 3 is 2.35 bits per heavy atom. The van der Waals surface area contributed by atoms with Gasteiger partial charge in [-0.25, -0.2) is 0 Å². The Labute approximate surface area is 186 Å². The van der Waals surface area contributed by atoms with E-state index in [9.17, 15) is 4.79 Å². The molecule has 31 heavy (non-hydrogen) atoms. The summed E-state index contributed by atoms with van der Waals surface area (Å²) in [6, 6.07) is 18.7. The quantitative estimate of drug-likeness (QED) is 0.726. The van der Waals surface area contributed by atoms with Crippen molar-refractivity contribution in [1.82, 2.24) is 10.2 Å².